The Morgan fingerprint density at radius 1 is 1.36 bits per heavy atom. The third kappa shape index (κ3) is 4.18. The molecule has 1 amide bonds. The van der Waals surface area contributed by atoms with Crippen LogP contribution in [0.5, 0.6) is 0 Å². The molecule has 0 radical (unpaired) electrons. The molecule has 1 atom stereocenters. The fourth-order valence-electron chi connectivity index (χ4n) is 2.16. The summed E-state index contributed by atoms with van der Waals surface area (Å²) in [6, 6.07) is 11.9. The first-order valence-corrected chi connectivity index (χ1v) is 7.70. The van der Waals surface area contributed by atoms with E-state index < -0.39 is 6.10 Å². The van der Waals surface area contributed by atoms with E-state index >= 15 is 0 Å². The summed E-state index contributed by atoms with van der Waals surface area (Å²) in [6.07, 6.45) is 3.86. The number of nitrogens with zero attached hydrogens (tertiary/aromatic N) is 2. The highest BCUT2D eigenvalue weighted by atomic mass is 16.5. The molecule has 2 aromatic rings. The third-order valence-corrected chi connectivity index (χ3v) is 3.73. The van der Waals surface area contributed by atoms with Gasteiger partial charge in [-0.05, 0) is 31.2 Å². The molecule has 5 nitrogen and oxygen atoms in total. The standard InChI is InChI=1S/C17H21N3O2/c1-13(22-12-15-7-8-15)17(21)18-16-9-10-20(19-16)11-14-5-3-2-4-6-14/h2-6,9-10,13,15H,7-8,11-12H2,1H3,(H,18,19,21)/t13-/m1/s1. The zero-order chi connectivity index (χ0) is 15.4. The molecule has 0 spiro atoms. The number of aromatic nitrogens is 2. The Morgan fingerprint density at radius 3 is 2.86 bits per heavy atom. The van der Waals surface area contributed by atoms with Crippen LogP contribution in [0.4, 0.5) is 5.82 Å². The van der Waals surface area contributed by atoms with Crippen LogP contribution in [0.25, 0.3) is 0 Å². The smallest absolute Gasteiger partial charge is 0.254 e. The van der Waals surface area contributed by atoms with Gasteiger partial charge in [0, 0.05) is 12.3 Å². The average molecular weight is 299 g/mol. The molecule has 1 N–H and O–H groups in total. The highest BCUT2D eigenvalue weighted by Gasteiger charge is 2.24. The number of rotatable bonds is 7. The summed E-state index contributed by atoms with van der Waals surface area (Å²) in [5.41, 5.74) is 1.17. The molecule has 1 saturated carbocycles. The normalized spacial score (nSPS) is 15.5. The van der Waals surface area contributed by atoms with Crippen LogP contribution in [0.15, 0.2) is 42.6 Å². The third-order valence-electron chi connectivity index (χ3n) is 3.73. The van der Waals surface area contributed by atoms with Crippen LogP contribution in [0.3, 0.4) is 0 Å². The van der Waals surface area contributed by atoms with Crippen molar-refractivity contribution in [1.29, 1.82) is 0 Å². The molecule has 22 heavy (non-hydrogen) atoms. The molecule has 1 aliphatic rings. The summed E-state index contributed by atoms with van der Waals surface area (Å²) >= 11 is 0. The molecule has 3 rings (SSSR count). The number of carbonyl (C=O) groups excluding carboxylic acids is 1. The molecule has 0 saturated heterocycles. The molecule has 1 heterocycles. The fraction of sp³-hybridized carbons (Fsp3) is 0.412. The van der Waals surface area contributed by atoms with Gasteiger partial charge in [-0.2, -0.15) is 5.10 Å². The van der Waals surface area contributed by atoms with Crippen molar-refractivity contribution >= 4 is 11.7 Å². The van der Waals surface area contributed by atoms with Crippen molar-refractivity contribution in [3.05, 3.63) is 48.2 Å². The molecule has 1 aromatic carbocycles. The summed E-state index contributed by atoms with van der Waals surface area (Å²) < 4.78 is 7.36. The minimum absolute atomic E-state index is 0.148. The second-order valence-electron chi connectivity index (χ2n) is 5.79. The second kappa shape index (κ2) is 6.75. The first-order valence-electron chi connectivity index (χ1n) is 7.70. The monoisotopic (exact) mass is 299 g/mol. The summed E-state index contributed by atoms with van der Waals surface area (Å²) in [5, 5.41) is 7.16. The van der Waals surface area contributed by atoms with Gasteiger partial charge in [-0.3, -0.25) is 9.48 Å². The lowest BCUT2D eigenvalue weighted by atomic mass is 10.2. The lowest BCUT2D eigenvalue weighted by Crippen LogP contribution is -2.28. The number of anilines is 1. The summed E-state index contributed by atoms with van der Waals surface area (Å²) in [6.45, 7) is 3.14. The van der Waals surface area contributed by atoms with Crippen LogP contribution in [0.1, 0.15) is 25.3 Å². The molecule has 1 aliphatic carbocycles. The highest BCUT2D eigenvalue weighted by molar-refractivity contribution is 5.92. The predicted octanol–water partition coefficient (Wildman–Crippen LogP) is 2.69. The topological polar surface area (TPSA) is 56.1 Å². The quantitative estimate of drug-likeness (QED) is 0.855. The van der Waals surface area contributed by atoms with Crippen molar-refractivity contribution in [2.45, 2.75) is 32.4 Å². The Bertz CT molecular complexity index is 620. The van der Waals surface area contributed by atoms with Crippen molar-refractivity contribution in [1.82, 2.24) is 9.78 Å². The maximum absolute atomic E-state index is 12.0. The van der Waals surface area contributed by atoms with Crippen molar-refractivity contribution in [2.24, 2.45) is 5.92 Å². The highest BCUT2D eigenvalue weighted by Crippen LogP contribution is 2.29. The Hall–Kier alpha value is -2.14. The molecule has 1 aromatic heterocycles. The zero-order valence-corrected chi connectivity index (χ0v) is 12.7. The minimum Gasteiger partial charge on any atom is -0.368 e. The van der Waals surface area contributed by atoms with E-state index in [1.54, 1.807) is 17.7 Å². The number of hydrogen-bond donors (Lipinski definition) is 1. The molecule has 0 bridgehead atoms. The van der Waals surface area contributed by atoms with Gasteiger partial charge in [-0.1, -0.05) is 30.3 Å². The fourth-order valence-corrected chi connectivity index (χ4v) is 2.16. The Kier molecular flexibility index (Phi) is 4.53. The van der Waals surface area contributed by atoms with Gasteiger partial charge < -0.3 is 10.1 Å². The lowest BCUT2D eigenvalue weighted by Gasteiger charge is -2.11. The first-order chi connectivity index (χ1) is 10.7. The van der Waals surface area contributed by atoms with E-state index in [1.165, 1.54) is 18.4 Å². The number of hydrogen-bond acceptors (Lipinski definition) is 3. The van der Waals surface area contributed by atoms with E-state index in [4.69, 9.17) is 4.74 Å². The van der Waals surface area contributed by atoms with Gasteiger partial charge >= 0.3 is 0 Å². The van der Waals surface area contributed by atoms with E-state index in [0.717, 1.165) is 0 Å². The van der Waals surface area contributed by atoms with Crippen LogP contribution in [-0.2, 0) is 16.1 Å². The first kappa shape index (κ1) is 14.8. The molecule has 116 valence electrons. The lowest BCUT2D eigenvalue weighted by molar-refractivity contribution is -0.126. The largest absolute Gasteiger partial charge is 0.368 e. The zero-order valence-electron chi connectivity index (χ0n) is 12.7. The predicted molar refractivity (Wildman–Crippen MR) is 84.5 cm³/mol. The van der Waals surface area contributed by atoms with Gasteiger partial charge in [-0.25, -0.2) is 0 Å². The van der Waals surface area contributed by atoms with Crippen LogP contribution in [-0.4, -0.2) is 28.4 Å². The summed E-state index contributed by atoms with van der Waals surface area (Å²) in [4.78, 5) is 12.0. The van der Waals surface area contributed by atoms with Crippen molar-refractivity contribution in [2.75, 3.05) is 11.9 Å². The minimum atomic E-state index is -0.445. The van der Waals surface area contributed by atoms with Crippen LogP contribution >= 0.6 is 0 Å². The van der Waals surface area contributed by atoms with E-state index in [2.05, 4.69) is 10.4 Å². The average Bonchev–Trinajstić information content (AvgIpc) is 3.26. The Morgan fingerprint density at radius 2 is 2.14 bits per heavy atom. The number of benzene rings is 1. The van der Waals surface area contributed by atoms with Crippen molar-refractivity contribution < 1.29 is 9.53 Å². The van der Waals surface area contributed by atoms with Crippen molar-refractivity contribution in [3.8, 4) is 0 Å². The Balaban J connectivity index is 1.51. The molecular formula is C17H21N3O2. The SMILES string of the molecule is C[C@@H](OCC1CC1)C(=O)Nc1ccn(Cc2ccccc2)n1. The van der Waals surface area contributed by atoms with Crippen LogP contribution in [0, 0.1) is 5.92 Å². The van der Waals surface area contributed by atoms with Crippen LogP contribution in [0.2, 0.25) is 0 Å². The van der Waals surface area contributed by atoms with Gasteiger partial charge in [-0.15, -0.1) is 0 Å². The number of nitrogens with one attached hydrogen (secondary N) is 1. The molecule has 1 fully saturated rings. The van der Waals surface area contributed by atoms with E-state index in [0.29, 0.717) is 24.9 Å². The second-order valence-corrected chi connectivity index (χ2v) is 5.79. The number of amides is 1. The van der Waals surface area contributed by atoms with E-state index in [-0.39, 0.29) is 5.91 Å². The van der Waals surface area contributed by atoms with Gasteiger partial charge in [0.15, 0.2) is 5.82 Å². The van der Waals surface area contributed by atoms with Gasteiger partial charge in [0.1, 0.15) is 6.10 Å². The van der Waals surface area contributed by atoms with Crippen LogP contribution < -0.4 is 5.32 Å². The summed E-state index contributed by atoms with van der Waals surface area (Å²) in [7, 11) is 0. The molecule has 5 heteroatoms. The van der Waals surface area contributed by atoms with Gasteiger partial charge in [0.05, 0.1) is 13.2 Å². The maximum Gasteiger partial charge on any atom is 0.254 e. The van der Waals surface area contributed by atoms with Crippen molar-refractivity contribution in [3.63, 3.8) is 0 Å². The molecule has 0 unspecified atom stereocenters. The van der Waals surface area contributed by atoms with Gasteiger partial charge in [0.25, 0.3) is 5.91 Å². The number of ether oxygens (including phenoxy) is 1. The maximum atomic E-state index is 12.0. The summed E-state index contributed by atoms with van der Waals surface area (Å²) in [5.74, 6) is 1.06. The molecular weight excluding hydrogens is 278 g/mol. The Labute approximate surface area is 130 Å². The number of carbonyl (C=O) groups is 1. The van der Waals surface area contributed by atoms with E-state index in [9.17, 15) is 4.79 Å². The van der Waals surface area contributed by atoms with E-state index in [1.807, 2.05) is 36.5 Å². The van der Waals surface area contributed by atoms with Gasteiger partial charge in [0.2, 0.25) is 0 Å². The molecule has 0 aliphatic heterocycles.